The number of nitrogens with zero attached hydrogens (tertiary/aromatic N) is 1. The van der Waals surface area contributed by atoms with Gasteiger partial charge in [0.25, 0.3) is 0 Å². The fourth-order valence-electron chi connectivity index (χ4n) is 2.29. The van der Waals surface area contributed by atoms with Crippen LogP contribution in [0.1, 0.15) is 17.5 Å². The molecule has 100 valence electrons. The number of hydrogen-bond donors (Lipinski definition) is 0. The van der Waals surface area contributed by atoms with Crippen molar-refractivity contribution in [2.45, 2.75) is 19.8 Å². The summed E-state index contributed by atoms with van der Waals surface area (Å²) in [6.45, 7) is 3.24. The molecule has 4 nitrogen and oxygen atoms in total. The Bertz CT molecular complexity index is 525. The molecule has 1 aromatic rings. The first-order chi connectivity index (χ1) is 8.53. The first-order valence-corrected chi connectivity index (χ1v) is 7.75. The number of benzene rings is 1. The number of ether oxygens (including phenoxy) is 1. The first-order valence-electron chi connectivity index (χ1n) is 6.14. The Morgan fingerprint density at radius 1 is 1.39 bits per heavy atom. The van der Waals surface area contributed by atoms with Crippen molar-refractivity contribution in [1.29, 1.82) is 0 Å². The highest BCUT2D eigenvalue weighted by Crippen LogP contribution is 2.20. The molecule has 0 amide bonds. The molecular formula is C13H19NO3S. The zero-order valence-electron chi connectivity index (χ0n) is 10.8. The van der Waals surface area contributed by atoms with Crippen molar-refractivity contribution in [2.24, 2.45) is 0 Å². The molecule has 0 radical (unpaired) electrons. The SMILES string of the molecule is COc1ccc(CCN2CCCS2(=O)=O)cc1C. The van der Waals surface area contributed by atoms with Crippen molar-refractivity contribution in [2.75, 3.05) is 26.0 Å². The van der Waals surface area contributed by atoms with E-state index in [2.05, 4.69) is 6.07 Å². The third-order valence-corrected chi connectivity index (χ3v) is 5.27. The van der Waals surface area contributed by atoms with Gasteiger partial charge in [0, 0.05) is 13.1 Å². The molecule has 1 heterocycles. The molecule has 0 aromatic heterocycles. The average molecular weight is 269 g/mol. The Kier molecular flexibility index (Phi) is 3.92. The molecule has 18 heavy (non-hydrogen) atoms. The molecule has 0 atom stereocenters. The topological polar surface area (TPSA) is 46.6 Å². The van der Waals surface area contributed by atoms with Gasteiger partial charge in [-0.15, -0.1) is 0 Å². The first kappa shape index (κ1) is 13.4. The zero-order valence-corrected chi connectivity index (χ0v) is 11.7. The summed E-state index contributed by atoms with van der Waals surface area (Å²) in [4.78, 5) is 0. The molecule has 0 N–H and O–H groups in total. The highest BCUT2D eigenvalue weighted by atomic mass is 32.2. The van der Waals surface area contributed by atoms with Crippen LogP contribution in [0.5, 0.6) is 5.75 Å². The minimum atomic E-state index is -2.97. The zero-order chi connectivity index (χ0) is 13.2. The van der Waals surface area contributed by atoms with Crippen molar-refractivity contribution in [3.05, 3.63) is 29.3 Å². The Morgan fingerprint density at radius 2 is 2.17 bits per heavy atom. The van der Waals surface area contributed by atoms with Crippen LogP contribution in [0, 0.1) is 6.92 Å². The smallest absolute Gasteiger partial charge is 0.214 e. The van der Waals surface area contributed by atoms with Crippen LogP contribution >= 0.6 is 0 Å². The van der Waals surface area contributed by atoms with Crippen LogP contribution < -0.4 is 4.74 Å². The minimum absolute atomic E-state index is 0.300. The lowest BCUT2D eigenvalue weighted by atomic mass is 10.1. The van der Waals surface area contributed by atoms with E-state index in [4.69, 9.17) is 4.74 Å². The Labute approximate surface area is 109 Å². The van der Waals surface area contributed by atoms with Crippen molar-refractivity contribution >= 4 is 10.0 Å². The Morgan fingerprint density at radius 3 is 2.72 bits per heavy atom. The molecule has 1 saturated heterocycles. The van der Waals surface area contributed by atoms with Gasteiger partial charge in [-0.1, -0.05) is 12.1 Å². The van der Waals surface area contributed by atoms with Gasteiger partial charge >= 0.3 is 0 Å². The molecule has 1 fully saturated rings. The van der Waals surface area contributed by atoms with Crippen molar-refractivity contribution in [3.8, 4) is 5.75 Å². The van der Waals surface area contributed by atoms with Gasteiger partial charge in [-0.25, -0.2) is 12.7 Å². The molecule has 0 unspecified atom stereocenters. The van der Waals surface area contributed by atoms with Gasteiger partial charge in [0.05, 0.1) is 12.9 Å². The quantitative estimate of drug-likeness (QED) is 0.834. The summed E-state index contributed by atoms with van der Waals surface area (Å²) in [7, 11) is -1.32. The van der Waals surface area contributed by atoms with E-state index in [1.807, 2.05) is 19.1 Å². The fraction of sp³-hybridized carbons (Fsp3) is 0.538. The number of rotatable bonds is 4. The summed E-state index contributed by atoms with van der Waals surface area (Å²) in [6.07, 6.45) is 1.51. The second-order valence-corrected chi connectivity index (χ2v) is 6.71. The number of methoxy groups -OCH3 is 1. The third kappa shape index (κ3) is 2.84. The van der Waals surface area contributed by atoms with E-state index in [0.29, 0.717) is 18.8 Å². The summed E-state index contributed by atoms with van der Waals surface area (Å²) in [6, 6.07) is 5.99. The van der Waals surface area contributed by atoms with E-state index in [0.717, 1.165) is 29.7 Å². The molecule has 0 bridgehead atoms. The minimum Gasteiger partial charge on any atom is -0.496 e. The molecule has 5 heteroatoms. The summed E-state index contributed by atoms with van der Waals surface area (Å²) < 4.78 is 30.1. The van der Waals surface area contributed by atoms with E-state index in [1.54, 1.807) is 11.4 Å². The standard InChI is InChI=1S/C13H19NO3S/c1-11-10-12(4-5-13(11)17-2)6-8-14-7-3-9-18(14,15)16/h4-5,10H,3,6-9H2,1-2H3. The Hall–Kier alpha value is -1.07. The average Bonchev–Trinajstić information content (AvgIpc) is 2.66. The summed E-state index contributed by atoms with van der Waals surface area (Å²) in [5.74, 6) is 1.17. The molecule has 0 aliphatic carbocycles. The summed E-state index contributed by atoms with van der Waals surface area (Å²) in [5.41, 5.74) is 2.23. The third-order valence-electron chi connectivity index (χ3n) is 3.31. The summed E-state index contributed by atoms with van der Waals surface area (Å²) >= 11 is 0. The van der Waals surface area contributed by atoms with Gasteiger partial charge in [-0.2, -0.15) is 0 Å². The second-order valence-electron chi connectivity index (χ2n) is 4.62. The number of hydrogen-bond acceptors (Lipinski definition) is 3. The Balaban J connectivity index is 2.00. The predicted octanol–water partition coefficient (Wildman–Crippen LogP) is 1.58. The second kappa shape index (κ2) is 5.28. The lowest BCUT2D eigenvalue weighted by molar-refractivity contribution is 0.411. The van der Waals surface area contributed by atoms with Crippen LogP contribution in [0.15, 0.2) is 18.2 Å². The van der Waals surface area contributed by atoms with Crippen molar-refractivity contribution < 1.29 is 13.2 Å². The van der Waals surface area contributed by atoms with Crippen LogP contribution in [-0.4, -0.2) is 38.7 Å². The molecule has 1 aliphatic rings. The summed E-state index contributed by atoms with van der Waals surface area (Å²) in [5, 5.41) is 0. The van der Waals surface area contributed by atoms with E-state index >= 15 is 0 Å². The maximum absolute atomic E-state index is 11.7. The van der Waals surface area contributed by atoms with E-state index in [1.165, 1.54) is 0 Å². The monoisotopic (exact) mass is 269 g/mol. The number of sulfonamides is 1. The fourth-order valence-corrected chi connectivity index (χ4v) is 3.82. The molecule has 1 aromatic carbocycles. The van der Waals surface area contributed by atoms with Crippen LogP contribution in [0.25, 0.3) is 0 Å². The van der Waals surface area contributed by atoms with Crippen LogP contribution in [-0.2, 0) is 16.4 Å². The number of aryl methyl sites for hydroxylation is 1. The largest absolute Gasteiger partial charge is 0.496 e. The van der Waals surface area contributed by atoms with Gasteiger partial charge in [0.1, 0.15) is 5.75 Å². The lowest BCUT2D eigenvalue weighted by Gasteiger charge is -2.14. The van der Waals surface area contributed by atoms with E-state index in [-0.39, 0.29) is 0 Å². The molecule has 2 rings (SSSR count). The molecule has 0 saturated carbocycles. The highest BCUT2D eigenvalue weighted by molar-refractivity contribution is 7.89. The van der Waals surface area contributed by atoms with Gasteiger partial charge in [-0.3, -0.25) is 0 Å². The van der Waals surface area contributed by atoms with E-state index in [9.17, 15) is 8.42 Å². The van der Waals surface area contributed by atoms with Gasteiger partial charge in [0.15, 0.2) is 0 Å². The molecule has 1 aliphatic heterocycles. The van der Waals surface area contributed by atoms with Crippen LogP contribution in [0.2, 0.25) is 0 Å². The normalized spacial score (nSPS) is 19.0. The van der Waals surface area contributed by atoms with E-state index < -0.39 is 10.0 Å². The van der Waals surface area contributed by atoms with Crippen molar-refractivity contribution in [3.63, 3.8) is 0 Å². The lowest BCUT2D eigenvalue weighted by Crippen LogP contribution is -2.27. The van der Waals surface area contributed by atoms with Gasteiger partial charge in [-0.05, 0) is 37.0 Å². The maximum atomic E-state index is 11.7. The van der Waals surface area contributed by atoms with Gasteiger partial charge < -0.3 is 4.74 Å². The van der Waals surface area contributed by atoms with Crippen LogP contribution in [0.4, 0.5) is 0 Å². The van der Waals surface area contributed by atoms with Crippen LogP contribution in [0.3, 0.4) is 0 Å². The molecular weight excluding hydrogens is 250 g/mol. The van der Waals surface area contributed by atoms with Crippen molar-refractivity contribution in [1.82, 2.24) is 4.31 Å². The maximum Gasteiger partial charge on any atom is 0.214 e. The predicted molar refractivity (Wildman–Crippen MR) is 71.4 cm³/mol. The molecule has 0 spiro atoms. The van der Waals surface area contributed by atoms with Gasteiger partial charge in [0.2, 0.25) is 10.0 Å². The highest BCUT2D eigenvalue weighted by Gasteiger charge is 2.27.